The minimum Gasteiger partial charge on any atom is -0.493 e. The van der Waals surface area contributed by atoms with Gasteiger partial charge in [-0.1, -0.05) is 0 Å². The minimum atomic E-state index is -0.189. The molecule has 1 N–H and O–H groups in total. The van der Waals surface area contributed by atoms with Gasteiger partial charge in [0, 0.05) is 49.4 Å². The number of nitrogens with one attached hydrogen (secondary N) is 1. The quantitative estimate of drug-likeness (QED) is 0.672. The molecule has 3 rings (SSSR count). The summed E-state index contributed by atoms with van der Waals surface area (Å²) in [5, 5.41) is 2.99. The summed E-state index contributed by atoms with van der Waals surface area (Å²) in [4.78, 5) is 18.7. The fraction of sp³-hybridized carbons (Fsp3) is 0.450. The predicted octanol–water partition coefficient (Wildman–Crippen LogP) is 3.67. The summed E-state index contributed by atoms with van der Waals surface area (Å²) in [6.07, 6.45) is 0. The number of hydrogen-bond acceptors (Lipinski definition) is 6. The summed E-state index contributed by atoms with van der Waals surface area (Å²) >= 11 is 5.30. The molecule has 1 amide bonds. The summed E-state index contributed by atoms with van der Waals surface area (Å²) in [7, 11) is 3.18. The van der Waals surface area contributed by atoms with Gasteiger partial charge in [0.15, 0.2) is 11.5 Å². The summed E-state index contributed by atoms with van der Waals surface area (Å²) in [6.45, 7) is 6.62. The van der Waals surface area contributed by atoms with Crippen LogP contribution in [0.3, 0.4) is 0 Å². The van der Waals surface area contributed by atoms with E-state index < -0.39 is 0 Å². The Balaban J connectivity index is 1.51. The molecule has 2 heterocycles. The van der Waals surface area contributed by atoms with E-state index in [9.17, 15) is 4.79 Å². The first-order valence-electron chi connectivity index (χ1n) is 9.23. The number of piperazine rings is 1. The van der Waals surface area contributed by atoms with Crippen LogP contribution >= 0.6 is 27.3 Å². The van der Waals surface area contributed by atoms with E-state index in [1.54, 1.807) is 37.7 Å². The number of anilines is 1. The van der Waals surface area contributed by atoms with Gasteiger partial charge in [0.2, 0.25) is 5.91 Å². The molecule has 1 aromatic heterocycles. The van der Waals surface area contributed by atoms with Gasteiger partial charge in [-0.25, -0.2) is 0 Å². The third-order valence-corrected chi connectivity index (χ3v) is 6.60. The Morgan fingerprint density at radius 2 is 1.86 bits per heavy atom. The van der Waals surface area contributed by atoms with Gasteiger partial charge < -0.3 is 14.8 Å². The van der Waals surface area contributed by atoms with E-state index in [1.807, 2.05) is 13.0 Å². The number of benzene rings is 1. The summed E-state index contributed by atoms with van der Waals surface area (Å²) in [5.74, 6) is 1.23. The fourth-order valence-corrected chi connectivity index (χ4v) is 4.82. The first-order valence-corrected chi connectivity index (χ1v) is 10.8. The Morgan fingerprint density at radius 1 is 1.14 bits per heavy atom. The molecular weight excluding hydrogens is 442 g/mol. The molecule has 0 radical (unpaired) electrons. The van der Waals surface area contributed by atoms with Crippen LogP contribution in [-0.2, 0) is 11.3 Å². The number of carbonyl (C=O) groups is 1. The standard InChI is InChI=1S/C20H26BrN3O3S/c1-14(20(25)22-15-4-6-17(26-2)18(12-15)27-3)24-10-8-23(9-11-24)13-16-5-7-19(21)28-16/h4-7,12,14H,8-11,13H2,1-3H3,(H,22,25). The number of carbonyl (C=O) groups excluding carboxylic acids is 1. The first-order chi connectivity index (χ1) is 13.5. The molecule has 152 valence electrons. The van der Waals surface area contributed by atoms with Crippen LogP contribution in [-0.4, -0.2) is 62.1 Å². The molecule has 6 nitrogen and oxygen atoms in total. The molecule has 8 heteroatoms. The molecule has 0 aliphatic carbocycles. The number of thiophene rings is 1. The van der Waals surface area contributed by atoms with Crippen molar-refractivity contribution in [1.82, 2.24) is 9.80 Å². The van der Waals surface area contributed by atoms with Crippen LogP contribution in [0.2, 0.25) is 0 Å². The second kappa shape index (κ2) is 9.73. The maximum atomic E-state index is 12.7. The average Bonchev–Trinajstić information content (AvgIpc) is 3.12. The first kappa shape index (κ1) is 21.1. The zero-order valence-corrected chi connectivity index (χ0v) is 18.8. The number of methoxy groups -OCH3 is 2. The number of halogens is 1. The lowest BCUT2D eigenvalue weighted by Crippen LogP contribution is -2.52. The topological polar surface area (TPSA) is 54.0 Å². The largest absolute Gasteiger partial charge is 0.493 e. The maximum Gasteiger partial charge on any atom is 0.241 e. The van der Waals surface area contributed by atoms with E-state index in [-0.39, 0.29) is 11.9 Å². The van der Waals surface area contributed by atoms with Crippen LogP contribution in [0.5, 0.6) is 11.5 Å². The van der Waals surface area contributed by atoms with Gasteiger partial charge in [0.1, 0.15) is 0 Å². The molecular formula is C20H26BrN3O3S. The van der Waals surface area contributed by atoms with Gasteiger partial charge in [-0.05, 0) is 47.1 Å². The van der Waals surface area contributed by atoms with Crippen molar-refractivity contribution < 1.29 is 14.3 Å². The smallest absolute Gasteiger partial charge is 0.241 e. The highest BCUT2D eigenvalue weighted by molar-refractivity contribution is 9.11. The number of amides is 1. The summed E-state index contributed by atoms with van der Waals surface area (Å²) in [6, 6.07) is 9.47. The predicted molar refractivity (Wildman–Crippen MR) is 117 cm³/mol. The number of rotatable bonds is 7. The van der Waals surface area contributed by atoms with Crippen molar-refractivity contribution in [3.8, 4) is 11.5 Å². The van der Waals surface area contributed by atoms with Crippen molar-refractivity contribution in [2.24, 2.45) is 0 Å². The van der Waals surface area contributed by atoms with Crippen molar-refractivity contribution in [2.45, 2.75) is 19.5 Å². The summed E-state index contributed by atoms with van der Waals surface area (Å²) < 4.78 is 11.7. The molecule has 2 aromatic rings. The van der Waals surface area contributed by atoms with Crippen molar-refractivity contribution in [3.63, 3.8) is 0 Å². The van der Waals surface area contributed by atoms with Gasteiger partial charge in [-0.15, -0.1) is 11.3 Å². The van der Waals surface area contributed by atoms with Crippen molar-refractivity contribution in [1.29, 1.82) is 0 Å². The van der Waals surface area contributed by atoms with Crippen molar-refractivity contribution in [2.75, 3.05) is 45.7 Å². The molecule has 1 aliphatic rings. The van der Waals surface area contributed by atoms with Crippen LogP contribution in [0.1, 0.15) is 11.8 Å². The molecule has 1 fully saturated rings. The molecule has 1 saturated heterocycles. The monoisotopic (exact) mass is 467 g/mol. The van der Waals surface area contributed by atoms with Crippen LogP contribution in [0.4, 0.5) is 5.69 Å². The van der Waals surface area contributed by atoms with Crippen LogP contribution in [0.25, 0.3) is 0 Å². The zero-order chi connectivity index (χ0) is 20.1. The lowest BCUT2D eigenvalue weighted by atomic mass is 10.2. The number of hydrogen-bond donors (Lipinski definition) is 1. The van der Waals surface area contributed by atoms with E-state index in [0.29, 0.717) is 17.2 Å². The molecule has 0 saturated carbocycles. The second-order valence-corrected chi connectivity index (χ2v) is 9.30. The van der Waals surface area contributed by atoms with E-state index in [1.165, 1.54) is 8.66 Å². The highest BCUT2D eigenvalue weighted by atomic mass is 79.9. The Kier molecular flexibility index (Phi) is 7.34. The SMILES string of the molecule is COc1ccc(NC(=O)C(C)N2CCN(Cc3ccc(Br)s3)CC2)cc1OC. The van der Waals surface area contributed by atoms with Crippen LogP contribution in [0.15, 0.2) is 34.1 Å². The average molecular weight is 468 g/mol. The van der Waals surface area contributed by atoms with Crippen molar-refractivity contribution in [3.05, 3.63) is 39.0 Å². The Labute approximate surface area is 178 Å². The molecule has 1 aromatic carbocycles. The molecule has 1 atom stereocenters. The lowest BCUT2D eigenvalue weighted by molar-refractivity contribution is -0.121. The van der Waals surface area contributed by atoms with Crippen molar-refractivity contribution >= 4 is 38.9 Å². The van der Waals surface area contributed by atoms with Gasteiger partial charge in [0.25, 0.3) is 0 Å². The van der Waals surface area contributed by atoms with Gasteiger partial charge >= 0.3 is 0 Å². The summed E-state index contributed by atoms with van der Waals surface area (Å²) in [5.41, 5.74) is 0.705. The maximum absolute atomic E-state index is 12.7. The third-order valence-electron chi connectivity index (χ3n) is 4.99. The number of ether oxygens (including phenoxy) is 2. The third kappa shape index (κ3) is 5.26. The molecule has 28 heavy (non-hydrogen) atoms. The van der Waals surface area contributed by atoms with E-state index in [0.717, 1.165) is 32.7 Å². The Bertz CT molecular complexity index is 806. The molecule has 0 spiro atoms. The second-order valence-electron chi connectivity index (χ2n) is 6.75. The minimum absolute atomic E-state index is 0.0112. The molecule has 1 aliphatic heterocycles. The highest BCUT2D eigenvalue weighted by Crippen LogP contribution is 2.30. The Morgan fingerprint density at radius 3 is 2.46 bits per heavy atom. The fourth-order valence-electron chi connectivity index (χ4n) is 3.29. The zero-order valence-electron chi connectivity index (χ0n) is 16.4. The van der Waals surface area contributed by atoms with Gasteiger partial charge in [-0.3, -0.25) is 14.6 Å². The van der Waals surface area contributed by atoms with Gasteiger partial charge in [0.05, 0.1) is 24.0 Å². The van der Waals surface area contributed by atoms with Crippen LogP contribution in [0, 0.1) is 0 Å². The highest BCUT2D eigenvalue weighted by Gasteiger charge is 2.26. The van der Waals surface area contributed by atoms with E-state index >= 15 is 0 Å². The molecule has 0 bridgehead atoms. The number of nitrogens with zero attached hydrogens (tertiary/aromatic N) is 2. The normalized spacial score (nSPS) is 16.6. The van der Waals surface area contributed by atoms with E-state index in [2.05, 4.69) is 43.2 Å². The van der Waals surface area contributed by atoms with Gasteiger partial charge in [-0.2, -0.15) is 0 Å². The van der Waals surface area contributed by atoms with Crippen LogP contribution < -0.4 is 14.8 Å². The Hall–Kier alpha value is -1.61. The molecule has 1 unspecified atom stereocenters. The van der Waals surface area contributed by atoms with E-state index in [4.69, 9.17) is 9.47 Å². The lowest BCUT2D eigenvalue weighted by Gasteiger charge is -2.37.